The summed E-state index contributed by atoms with van der Waals surface area (Å²) in [5.74, 6) is 0.977. The van der Waals surface area contributed by atoms with Crippen molar-refractivity contribution in [1.82, 2.24) is 0 Å². The summed E-state index contributed by atoms with van der Waals surface area (Å²) in [5.41, 5.74) is 3.19. The van der Waals surface area contributed by atoms with Gasteiger partial charge in [0.15, 0.2) is 0 Å². The number of piperazine rings is 1. The number of quaternary nitrogens is 1. The average molecular weight is 322 g/mol. The predicted molar refractivity (Wildman–Crippen MR) is 95.4 cm³/mol. The molecule has 0 amide bonds. The van der Waals surface area contributed by atoms with E-state index in [2.05, 4.69) is 29.2 Å². The summed E-state index contributed by atoms with van der Waals surface area (Å²) < 4.78 is 5.76. The summed E-state index contributed by atoms with van der Waals surface area (Å²) in [6.07, 6.45) is 0. The van der Waals surface area contributed by atoms with Crippen molar-refractivity contribution >= 4 is 5.69 Å². The molecule has 1 aliphatic heterocycles. The highest BCUT2D eigenvalue weighted by Gasteiger charge is 2.22. The minimum Gasteiger partial charge on any atom is -0.492 e. The second kappa shape index (κ2) is 7.85. The van der Waals surface area contributed by atoms with Crippen LogP contribution in [0, 0.1) is 11.3 Å². The van der Waals surface area contributed by atoms with Crippen LogP contribution in [0.4, 0.5) is 5.69 Å². The molecule has 4 nitrogen and oxygen atoms in total. The molecule has 124 valence electrons. The summed E-state index contributed by atoms with van der Waals surface area (Å²) in [5, 5.41) is 9.02. The zero-order valence-electron chi connectivity index (χ0n) is 14.2. The van der Waals surface area contributed by atoms with Crippen molar-refractivity contribution in [2.45, 2.75) is 13.5 Å². The zero-order valence-corrected chi connectivity index (χ0v) is 14.2. The van der Waals surface area contributed by atoms with Crippen LogP contribution in [0.15, 0.2) is 48.5 Å². The fourth-order valence-corrected chi connectivity index (χ4v) is 3.28. The largest absolute Gasteiger partial charge is 0.492 e. The van der Waals surface area contributed by atoms with Gasteiger partial charge < -0.3 is 14.5 Å². The molecule has 0 aliphatic carbocycles. The number of anilines is 1. The van der Waals surface area contributed by atoms with Crippen LogP contribution in [0.2, 0.25) is 0 Å². The average Bonchev–Trinajstić information content (AvgIpc) is 2.63. The van der Waals surface area contributed by atoms with Gasteiger partial charge in [0.05, 0.1) is 50.1 Å². The number of nitrogens with zero attached hydrogens (tertiary/aromatic N) is 2. The van der Waals surface area contributed by atoms with Crippen LogP contribution in [0.25, 0.3) is 0 Å². The number of benzene rings is 2. The molecule has 4 heteroatoms. The first kappa shape index (κ1) is 16.4. The Hall–Kier alpha value is -2.51. The number of rotatable bonds is 5. The highest BCUT2D eigenvalue weighted by Crippen LogP contribution is 2.27. The number of hydrogen-bond acceptors (Lipinski definition) is 3. The first-order valence-electron chi connectivity index (χ1n) is 8.59. The van der Waals surface area contributed by atoms with Gasteiger partial charge >= 0.3 is 0 Å². The van der Waals surface area contributed by atoms with Crippen molar-refractivity contribution in [1.29, 1.82) is 5.26 Å². The van der Waals surface area contributed by atoms with Crippen LogP contribution >= 0.6 is 0 Å². The van der Waals surface area contributed by atoms with Gasteiger partial charge in [0.1, 0.15) is 12.3 Å². The molecule has 1 aliphatic rings. The minimum atomic E-state index is 0.692. The quantitative estimate of drug-likeness (QED) is 0.913. The monoisotopic (exact) mass is 322 g/mol. The second-order valence-electron chi connectivity index (χ2n) is 6.13. The van der Waals surface area contributed by atoms with Gasteiger partial charge in [-0.1, -0.05) is 24.3 Å². The first-order valence-corrected chi connectivity index (χ1v) is 8.59. The summed E-state index contributed by atoms with van der Waals surface area (Å²) >= 11 is 0. The third-order valence-corrected chi connectivity index (χ3v) is 4.49. The van der Waals surface area contributed by atoms with Crippen molar-refractivity contribution < 1.29 is 9.64 Å². The molecule has 3 rings (SSSR count). The SMILES string of the molecule is CCOc1ccccc1N1CC[NH+](Cc2cccc(C#N)c2)CC1. The number of nitriles is 1. The van der Waals surface area contributed by atoms with Gasteiger partial charge in [-0.05, 0) is 31.2 Å². The van der Waals surface area contributed by atoms with Gasteiger partial charge in [0.2, 0.25) is 0 Å². The maximum Gasteiger partial charge on any atom is 0.142 e. The smallest absolute Gasteiger partial charge is 0.142 e. The molecular formula is C20H24N3O+. The Balaban J connectivity index is 1.61. The zero-order chi connectivity index (χ0) is 16.8. The molecule has 1 fully saturated rings. The lowest BCUT2D eigenvalue weighted by molar-refractivity contribution is -0.914. The molecule has 0 unspecified atom stereocenters. The summed E-state index contributed by atoms with van der Waals surface area (Å²) in [4.78, 5) is 3.98. The number of para-hydroxylation sites is 2. The van der Waals surface area contributed by atoms with Gasteiger partial charge in [-0.3, -0.25) is 0 Å². The standard InChI is InChI=1S/C20H23N3O/c1-2-24-20-9-4-3-8-19(20)23-12-10-22(11-13-23)16-18-7-5-6-17(14-18)15-21/h3-9,14H,2,10-13,16H2,1H3/p+1. The van der Waals surface area contributed by atoms with Crippen molar-refractivity contribution in [3.05, 3.63) is 59.7 Å². The van der Waals surface area contributed by atoms with Crippen LogP contribution in [0.5, 0.6) is 5.75 Å². The Morgan fingerprint density at radius 3 is 2.67 bits per heavy atom. The van der Waals surface area contributed by atoms with E-state index in [0.29, 0.717) is 6.61 Å². The Labute approximate surface area is 143 Å². The van der Waals surface area contributed by atoms with Gasteiger partial charge in [-0.2, -0.15) is 5.26 Å². The molecule has 0 spiro atoms. The normalized spacial score (nSPS) is 15.1. The molecule has 2 aromatic carbocycles. The Morgan fingerprint density at radius 2 is 1.92 bits per heavy atom. The van der Waals surface area contributed by atoms with Gasteiger partial charge in [-0.15, -0.1) is 0 Å². The lowest BCUT2D eigenvalue weighted by Crippen LogP contribution is -3.13. The third kappa shape index (κ3) is 3.87. The highest BCUT2D eigenvalue weighted by molar-refractivity contribution is 5.58. The van der Waals surface area contributed by atoms with E-state index in [1.165, 1.54) is 11.3 Å². The molecular weight excluding hydrogens is 298 g/mol. The maximum absolute atomic E-state index is 9.02. The maximum atomic E-state index is 9.02. The van der Waals surface area contributed by atoms with Crippen LogP contribution in [-0.4, -0.2) is 32.8 Å². The molecule has 0 bridgehead atoms. The van der Waals surface area contributed by atoms with Crippen molar-refractivity contribution in [2.24, 2.45) is 0 Å². The molecule has 0 aromatic heterocycles. The van der Waals surface area contributed by atoms with E-state index in [9.17, 15) is 0 Å². The molecule has 24 heavy (non-hydrogen) atoms. The molecule has 2 aromatic rings. The molecule has 0 atom stereocenters. The first-order chi connectivity index (χ1) is 11.8. The third-order valence-electron chi connectivity index (χ3n) is 4.49. The van der Waals surface area contributed by atoms with Gasteiger partial charge in [-0.25, -0.2) is 0 Å². The fourth-order valence-electron chi connectivity index (χ4n) is 3.28. The fraction of sp³-hybridized carbons (Fsp3) is 0.350. The summed E-state index contributed by atoms with van der Waals surface area (Å²) in [6.45, 7) is 7.94. The molecule has 1 saturated heterocycles. The van der Waals surface area contributed by atoms with Crippen molar-refractivity contribution in [3.63, 3.8) is 0 Å². The Bertz CT molecular complexity index is 715. The van der Waals surface area contributed by atoms with Crippen LogP contribution in [0.1, 0.15) is 18.1 Å². The molecule has 1 heterocycles. The Morgan fingerprint density at radius 1 is 1.12 bits per heavy atom. The molecule has 0 radical (unpaired) electrons. The topological polar surface area (TPSA) is 40.7 Å². The number of hydrogen-bond donors (Lipinski definition) is 1. The van der Waals surface area contributed by atoms with Crippen molar-refractivity contribution in [3.8, 4) is 11.8 Å². The summed E-state index contributed by atoms with van der Waals surface area (Å²) in [6, 6.07) is 18.5. The van der Waals surface area contributed by atoms with E-state index < -0.39 is 0 Å². The van der Waals surface area contributed by atoms with E-state index >= 15 is 0 Å². The van der Waals surface area contributed by atoms with E-state index in [0.717, 1.165) is 44.0 Å². The molecule has 0 saturated carbocycles. The van der Waals surface area contributed by atoms with Crippen LogP contribution in [0.3, 0.4) is 0 Å². The number of ether oxygens (including phenoxy) is 1. The van der Waals surface area contributed by atoms with Gasteiger partial charge in [0, 0.05) is 5.56 Å². The van der Waals surface area contributed by atoms with E-state index in [1.54, 1.807) is 4.90 Å². The van der Waals surface area contributed by atoms with Crippen LogP contribution in [-0.2, 0) is 6.54 Å². The predicted octanol–water partition coefficient (Wildman–Crippen LogP) is 1.86. The second-order valence-corrected chi connectivity index (χ2v) is 6.13. The highest BCUT2D eigenvalue weighted by atomic mass is 16.5. The van der Waals surface area contributed by atoms with E-state index in [1.807, 2.05) is 37.3 Å². The van der Waals surface area contributed by atoms with Crippen molar-refractivity contribution in [2.75, 3.05) is 37.7 Å². The number of nitrogens with one attached hydrogen (secondary N) is 1. The van der Waals surface area contributed by atoms with E-state index in [4.69, 9.17) is 10.00 Å². The minimum absolute atomic E-state index is 0.692. The van der Waals surface area contributed by atoms with E-state index in [-0.39, 0.29) is 0 Å². The molecule has 1 N–H and O–H groups in total. The lowest BCUT2D eigenvalue weighted by Gasteiger charge is -2.34. The Kier molecular flexibility index (Phi) is 5.35. The summed E-state index contributed by atoms with van der Waals surface area (Å²) in [7, 11) is 0. The lowest BCUT2D eigenvalue weighted by atomic mass is 10.1. The van der Waals surface area contributed by atoms with Crippen LogP contribution < -0.4 is 14.5 Å². The van der Waals surface area contributed by atoms with Gasteiger partial charge in [0.25, 0.3) is 0 Å².